The lowest BCUT2D eigenvalue weighted by molar-refractivity contribution is -0.163. The van der Waals surface area contributed by atoms with E-state index in [0.717, 1.165) is 30.4 Å². The van der Waals surface area contributed by atoms with Crippen LogP contribution in [0.15, 0.2) is 24.3 Å². The number of unbranched alkanes of at least 4 members (excludes halogenated alkanes) is 2. The topological polar surface area (TPSA) is 214 Å². The van der Waals surface area contributed by atoms with Gasteiger partial charge in [0.05, 0.1) is 13.2 Å². The highest BCUT2D eigenvalue weighted by molar-refractivity contribution is 6.01. The molecule has 0 saturated carbocycles. The highest BCUT2D eigenvalue weighted by atomic mass is 16.5. The Hall–Kier alpha value is -3.55. The Morgan fingerprint density at radius 2 is 1.64 bits per heavy atom. The van der Waals surface area contributed by atoms with Crippen molar-refractivity contribution in [3.63, 3.8) is 0 Å². The molecule has 13 nitrogen and oxygen atoms in total. The van der Waals surface area contributed by atoms with Crippen molar-refractivity contribution in [2.75, 3.05) is 26.8 Å². The fourth-order valence-electron chi connectivity index (χ4n) is 4.34. The molecule has 0 spiro atoms. The van der Waals surface area contributed by atoms with Gasteiger partial charge in [0.15, 0.2) is 0 Å². The predicted octanol–water partition coefficient (Wildman–Crippen LogP) is -0.0466. The molecule has 1 aromatic carbocycles. The molecule has 4 amide bonds. The molecule has 4 atom stereocenters. The van der Waals surface area contributed by atoms with Crippen molar-refractivity contribution in [2.24, 2.45) is 23.3 Å². The molecule has 1 rings (SSSR count). The van der Waals surface area contributed by atoms with Crippen molar-refractivity contribution >= 4 is 29.6 Å². The van der Waals surface area contributed by atoms with Gasteiger partial charge >= 0.3 is 5.97 Å². The SMILES string of the molecule is COC(=O)[C@H](C(C)C)N(C(=O)CCCCCc1ccc(O)cc1)C(=O)[C@@H](N)C(CO)CNC(=O)[C@H](C)NC(=O)CCN. The van der Waals surface area contributed by atoms with Gasteiger partial charge in [0.25, 0.3) is 0 Å². The lowest BCUT2D eigenvalue weighted by atomic mass is 9.95. The van der Waals surface area contributed by atoms with Crippen LogP contribution in [0.3, 0.4) is 0 Å². The molecule has 0 saturated heterocycles. The van der Waals surface area contributed by atoms with E-state index in [1.54, 1.807) is 26.0 Å². The lowest BCUT2D eigenvalue weighted by Crippen LogP contribution is -2.59. The molecule has 1 aromatic rings. The normalized spacial score (nSPS) is 13.9. The number of amides is 4. The summed E-state index contributed by atoms with van der Waals surface area (Å²) in [5, 5.41) is 24.4. The minimum Gasteiger partial charge on any atom is -0.508 e. The van der Waals surface area contributed by atoms with E-state index in [0.29, 0.717) is 12.8 Å². The van der Waals surface area contributed by atoms with Crippen molar-refractivity contribution in [3.05, 3.63) is 29.8 Å². The fourth-order valence-corrected chi connectivity index (χ4v) is 4.34. The maximum Gasteiger partial charge on any atom is 0.329 e. The lowest BCUT2D eigenvalue weighted by Gasteiger charge is -2.34. The second-order valence-electron chi connectivity index (χ2n) is 10.6. The number of phenolic OH excluding ortho intramolecular Hbond substituents is 1. The number of hydrogen-bond donors (Lipinski definition) is 6. The van der Waals surface area contributed by atoms with E-state index in [4.69, 9.17) is 16.2 Å². The number of aliphatic hydroxyl groups excluding tert-OH is 1. The Balaban J connectivity index is 2.93. The summed E-state index contributed by atoms with van der Waals surface area (Å²) in [5.41, 5.74) is 12.6. The average molecular weight is 594 g/mol. The highest BCUT2D eigenvalue weighted by Crippen LogP contribution is 2.19. The van der Waals surface area contributed by atoms with Crippen molar-refractivity contribution in [3.8, 4) is 5.75 Å². The van der Waals surface area contributed by atoms with E-state index in [1.165, 1.54) is 6.92 Å². The minimum absolute atomic E-state index is 0.0191. The molecule has 0 radical (unpaired) electrons. The summed E-state index contributed by atoms with van der Waals surface area (Å²) in [6.07, 6.45) is 2.68. The van der Waals surface area contributed by atoms with E-state index >= 15 is 0 Å². The van der Waals surface area contributed by atoms with Crippen LogP contribution >= 0.6 is 0 Å². The summed E-state index contributed by atoms with van der Waals surface area (Å²) in [6, 6.07) is 3.31. The van der Waals surface area contributed by atoms with E-state index < -0.39 is 66.2 Å². The number of aliphatic hydroxyl groups is 1. The summed E-state index contributed by atoms with van der Waals surface area (Å²) in [4.78, 5) is 64.6. The van der Waals surface area contributed by atoms with Crippen molar-refractivity contribution in [1.82, 2.24) is 15.5 Å². The first-order chi connectivity index (χ1) is 19.9. The molecule has 0 aliphatic rings. The van der Waals surface area contributed by atoms with Crippen LogP contribution in [0.4, 0.5) is 0 Å². The number of imide groups is 1. The molecule has 0 fully saturated rings. The molecule has 42 heavy (non-hydrogen) atoms. The Labute approximate surface area is 247 Å². The minimum atomic E-state index is -1.43. The zero-order valence-corrected chi connectivity index (χ0v) is 25.0. The number of aromatic hydroxyl groups is 1. The number of rotatable bonds is 18. The Bertz CT molecular complexity index is 1030. The van der Waals surface area contributed by atoms with Crippen molar-refractivity contribution < 1.29 is 38.9 Å². The summed E-state index contributed by atoms with van der Waals surface area (Å²) in [7, 11) is 1.16. The number of methoxy groups -OCH3 is 1. The number of nitrogens with two attached hydrogens (primary N) is 2. The average Bonchev–Trinajstić information content (AvgIpc) is 2.95. The molecule has 13 heteroatoms. The molecule has 0 aliphatic heterocycles. The second kappa shape index (κ2) is 18.8. The third-order valence-corrected chi connectivity index (χ3v) is 6.86. The van der Waals surface area contributed by atoms with Gasteiger partial charge in [-0.05, 0) is 49.8 Å². The van der Waals surface area contributed by atoms with Crippen molar-refractivity contribution in [2.45, 2.75) is 77.4 Å². The molecule has 236 valence electrons. The third-order valence-electron chi connectivity index (χ3n) is 6.86. The van der Waals surface area contributed by atoms with E-state index in [-0.39, 0.29) is 31.7 Å². The van der Waals surface area contributed by atoms with Gasteiger partial charge in [0.2, 0.25) is 23.6 Å². The van der Waals surface area contributed by atoms with Gasteiger partial charge in [-0.2, -0.15) is 0 Å². The van der Waals surface area contributed by atoms with Gasteiger partial charge in [-0.1, -0.05) is 32.4 Å². The van der Waals surface area contributed by atoms with Crippen LogP contribution in [-0.4, -0.2) is 89.6 Å². The number of hydrogen-bond acceptors (Lipinski definition) is 10. The van der Waals surface area contributed by atoms with Crippen LogP contribution in [0, 0.1) is 11.8 Å². The van der Waals surface area contributed by atoms with Gasteiger partial charge in [0.1, 0.15) is 17.8 Å². The Morgan fingerprint density at radius 3 is 2.19 bits per heavy atom. The molecule has 0 aliphatic carbocycles. The number of carbonyl (C=O) groups is 5. The Morgan fingerprint density at radius 1 is 1.00 bits per heavy atom. The molecule has 0 heterocycles. The van der Waals surface area contributed by atoms with Gasteiger partial charge in [-0.25, -0.2) is 4.79 Å². The van der Waals surface area contributed by atoms with Crippen LogP contribution in [0.2, 0.25) is 0 Å². The largest absolute Gasteiger partial charge is 0.508 e. The Kier molecular flexibility index (Phi) is 16.3. The molecular formula is C29H47N5O8. The van der Waals surface area contributed by atoms with Crippen LogP contribution in [-0.2, 0) is 35.1 Å². The van der Waals surface area contributed by atoms with Crippen LogP contribution in [0.25, 0.3) is 0 Å². The molecule has 8 N–H and O–H groups in total. The summed E-state index contributed by atoms with van der Waals surface area (Å²) >= 11 is 0. The van der Waals surface area contributed by atoms with E-state index in [2.05, 4.69) is 10.6 Å². The van der Waals surface area contributed by atoms with E-state index in [9.17, 15) is 34.2 Å². The zero-order chi connectivity index (χ0) is 31.8. The number of nitrogens with one attached hydrogen (secondary N) is 2. The number of esters is 1. The van der Waals surface area contributed by atoms with Crippen LogP contribution in [0.1, 0.15) is 58.4 Å². The smallest absolute Gasteiger partial charge is 0.329 e. The zero-order valence-electron chi connectivity index (χ0n) is 25.0. The molecular weight excluding hydrogens is 546 g/mol. The highest BCUT2D eigenvalue weighted by Gasteiger charge is 2.41. The number of ether oxygens (including phenoxy) is 1. The maximum atomic E-state index is 13.6. The summed E-state index contributed by atoms with van der Waals surface area (Å²) in [5.74, 6) is -4.49. The first-order valence-corrected chi connectivity index (χ1v) is 14.2. The monoisotopic (exact) mass is 593 g/mol. The second-order valence-corrected chi connectivity index (χ2v) is 10.6. The quantitative estimate of drug-likeness (QED) is 0.0986. The van der Waals surface area contributed by atoms with Crippen molar-refractivity contribution in [1.29, 1.82) is 0 Å². The van der Waals surface area contributed by atoms with Crippen LogP contribution in [0.5, 0.6) is 5.75 Å². The van der Waals surface area contributed by atoms with Crippen LogP contribution < -0.4 is 22.1 Å². The molecule has 0 aromatic heterocycles. The number of phenols is 1. The number of benzene rings is 1. The molecule has 1 unspecified atom stereocenters. The number of aryl methyl sites for hydroxylation is 1. The summed E-state index contributed by atoms with van der Waals surface area (Å²) in [6.45, 7) is 4.12. The summed E-state index contributed by atoms with van der Waals surface area (Å²) < 4.78 is 4.88. The predicted molar refractivity (Wildman–Crippen MR) is 156 cm³/mol. The van der Waals surface area contributed by atoms with E-state index in [1.807, 2.05) is 12.1 Å². The maximum absolute atomic E-state index is 13.6. The molecule has 0 bridgehead atoms. The first-order valence-electron chi connectivity index (χ1n) is 14.2. The van der Waals surface area contributed by atoms with Gasteiger partial charge in [-0.3, -0.25) is 24.1 Å². The third kappa shape index (κ3) is 11.7. The number of nitrogens with zero attached hydrogens (tertiary/aromatic N) is 1. The number of carbonyl (C=O) groups excluding carboxylic acids is 5. The standard InChI is InChI=1S/C29H47N5O8/c1-18(2)26(29(41)42-4)34(24(38)9-7-5-6-8-20-10-12-22(36)13-11-20)28(40)25(31)21(17-35)16-32-27(39)19(3)33-23(37)14-15-30/h10-13,18-19,21,25-26,35-36H,5-9,14-17,30-31H2,1-4H3,(H,32,39)(H,33,37)/t19-,21?,25-,26-/m0/s1. The fraction of sp³-hybridized carbons (Fsp3) is 0.621. The van der Waals surface area contributed by atoms with Gasteiger partial charge in [0, 0.05) is 38.5 Å². The van der Waals surface area contributed by atoms with Gasteiger partial charge in [-0.15, -0.1) is 0 Å². The van der Waals surface area contributed by atoms with Gasteiger partial charge < -0.3 is 37.1 Å². The first kappa shape index (κ1) is 36.5.